The van der Waals surface area contributed by atoms with Gasteiger partial charge in [0.05, 0.1) is 0 Å². The molecule has 16 heavy (non-hydrogen) atoms. The number of rotatable bonds is 7. The maximum atomic E-state index is 8.20. The van der Waals surface area contributed by atoms with E-state index in [0.29, 0.717) is 6.61 Å². The van der Waals surface area contributed by atoms with E-state index in [1.807, 2.05) is 6.08 Å². The molecular weight excluding hydrogens is 200 g/mol. The van der Waals surface area contributed by atoms with Crippen LogP contribution in [0.15, 0.2) is 12.7 Å². The van der Waals surface area contributed by atoms with Gasteiger partial charge in [-0.2, -0.15) is 0 Å². The lowest BCUT2D eigenvalue weighted by Gasteiger charge is -1.87. The van der Waals surface area contributed by atoms with E-state index >= 15 is 0 Å². The number of aliphatic hydroxyl groups excluding tert-OH is 2. The summed E-state index contributed by atoms with van der Waals surface area (Å²) in [5, 5.41) is 15.8. The molecule has 0 aromatic rings. The summed E-state index contributed by atoms with van der Waals surface area (Å²) in [6, 6.07) is 0. The molecule has 0 atom stereocenters. The average Bonchev–Trinajstić information content (AvgIpc) is 2.29. The molecule has 0 heterocycles. The molecule has 0 aliphatic rings. The van der Waals surface area contributed by atoms with Crippen molar-refractivity contribution in [2.24, 2.45) is 0 Å². The third-order valence-electron chi connectivity index (χ3n) is 1.77. The maximum absolute atomic E-state index is 8.20. The molecule has 0 saturated heterocycles. The minimum atomic E-state index is 0.250. The molecule has 0 rings (SSSR count). The average molecular weight is 232 g/mol. The summed E-state index contributed by atoms with van der Waals surface area (Å²) >= 11 is 0. The number of unbranched alkanes of at least 4 members (excludes halogenated alkanes) is 5. The second-order valence-corrected chi connectivity index (χ2v) is 3.53. The molecule has 0 saturated carbocycles. The Kier molecular flexibility index (Phi) is 38.5. The number of aliphatic hydroxyl groups is 2. The molecule has 0 aromatic carbocycles. The normalized spacial score (nSPS) is 8.31. The molecule has 0 aliphatic heterocycles. The summed E-state index contributed by atoms with van der Waals surface area (Å²) in [4.78, 5) is 0. The van der Waals surface area contributed by atoms with E-state index in [1.54, 1.807) is 6.92 Å². The molecule has 2 N–H and O–H groups in total. The fraction of sp³-hybridized carbons (Fsp3) is 0.857. The van der Waals surface area contributed by atoms with Gasteiger partial charge in [0.2, 0.25) is 0 Å². The molecular formula is C14H32O2. The third-order valence-corrected chi connectivity index (χ3v) is 1.77. The highest BCUT2D eigenvalue weighted by Crippen LogP contribution is 1.97. The highest BCUT2D eigenvalue weighted by atomic mass is 16.3. The highest BCUT2D eigenvalue weighted by Gasteiger charge is 1.77. The maximum Gasteiger partial charge on any atom is 0.0431 e. The first kappa shape index (κ1) is 21.0. The Balaban J connectivity index is -0.000000172. The predicted octanol–water partition coefficient (Wildman–Crippen LogP) is 3.92. The van der Waals surface area contributed by atoms with Gasteiger partial charge in [0.1, 0.15) is 0 Å². The largest absolute Gasteiger partial charge is 0.397 e. The minimum absolute atomic E-state index is 0.250. The van der Waals surface area contributed by atoms with E-state index in [0.717, 1.165) is 12.8 Å². The van der Waals surface area contributed by atoms with E-state index in [2.05, 4.69) is 20.4 Å². The van der Waals surface area contributed by atoms with Gasteiger partial charge in [0.25, 0.3) is 0 Å². The van der Waals surface area contributed by atoms with Gasteiger partial charge in [-0.25, -0.2) is 0 Å². The van der Waals surface area contributed by atoms with Crippen LogP contribution in [0.25, 0.3) is 0 Å². The Hall–Kier alpha value is -0.340. The standard InChI is InChI=1S/C7H14.C5H12O.C2H6O/c1-3-5-7-6-4-2;1-2-3-4-5-6;1-2-3/h3H,1,4-7H2,2H3;6H,2-5H2,1H3;3H,2H2,1H3. The van der Waals surface area contributed by atoms with Crippen LogP contribution < -0.4 is 0 Å². The molecule has 0 spiro atoms. The van der Waals surface area contributed by atoms with Crippen molar-refractivity contribution >= 4 is 0 Å². The molecule has 0 bridgehead atoms. The van der Waals surface area contributed by atoms with E-state index in [9.17, 15) is 0 Å². The van der Waals surface area contributed by atoms with Crippen LogP contribution in [-0.2, 0) is 0 Å². The van der Waals surface area contributed by atoms with Crippen LogP contribution in [0.2, 0.25) is 0 Å². The van der Waals surface area contributed by atoms with Gasteiger partial charge in [0.15, 0.2) is 0 Å². The predicted molar refractivity (Wildman–Crippen MR) is 73.7 cm³/mol. The lowest BCUT2D eigenvalue weighted by atomic mass is 10.2. The monoisotopic (exact) mass is 232 g/mol. The summed E-state index contributed by atoms with van der Waals surface area (Å²) in [5.74, 6) is 0. The topological polar surface area (TPSA) is 40.5 Å². The molecule has 0 unspecified atom stereocenters. The number of allylic oxidation sites excluding steroid dienone is 1. The second kappa shape index (κ2) is 29.3. The van der Waals surface area contributed by atoms with Gasteiger partial charge in [-0.1, -0.05) is 45.6 Å². The molecule has 0 aliphatic carbocycles. The fourth-order valence-corrected chi connectivity index (χ4v) is 0.900. The number of hydrogen-bond acceptors (Lipinski definition) is 2. The van der Waals surface area contributed by atoms with Crippen molar-refractivity contribution in [1.29, 1.82) is 0 Å². The first-order valence-corrected chi connectivity index (χ1v) is 6.57. The quantitative estimate of drug-likeness (QED) is 0.516. The van der Waals surface area contributed by atoms with E-state index in [4.69, 9.17) is 10.2 Å². The lowest BCUT2D eigenvalue weighted by Crippen LogP contribution is -1.78. The molecule has 0 amide bonds. The van der Waals surface area contributed by atoms with Gasteiger partial charge < -0.3 is 10.2 Å². The zero-order valence-electron chi connectivity index (χ0n) is 11.5. The van der Waals surface area contributed by atoms with E-state index in [-0.39, 0.29) is 6.61 Å². The summed E-state index contributed by atoms with van der Waals surface area (Å²) in [6.07, 6.45) is 10.5. The van der Waals surface area contributed by atoms with Crippen LogP contribution in [0, 0.1) is 0 Å². The summed E-state index contributed by atoms with van der Waals surface area (Å²) in [6.45, 7) is 10.3. The molecule has 2 nitrogen and oxygen atoms in total. The minimum Gasteiger partial charge on any atom is -0.397 e. The Morgan fingerprint density at radius 2 is 1.31 bits per heavy atom. The van der Waals surface area contributed by atoms with Gasteiger partial charge in [-0.05, 0) is 26.2 Å². The van der Waals surface area contributed by atoms with Crippen molar-refractivity contribution < 1.29 is 10.2 Å². The molecule has 100 valence electrons. The Morgan fingerprint density at radius 1 is 0.875 bits per heavy atom. The highest BCUT2D eigenvalue weighted by molar-refractivity contribution is 4.64. The van der Waals surface area contributed by atoms with Gasteiger partial charge in [0, 0.05) is 13.2 Å². The zero-order valence-corrected chi connectivity index (χ0v) is 11.5. The second-order valence-electron chi connectivity index (χ2n) is 3.53. The van der Waals surface area contributed by atoms with Crippen LogP contribution in [0.4, 0.5) is 0 Å². The summed E-state index contributed by atoms with van der Waals surface area (Å²) in [5.41, 5.74) is 0. The van der Waals surface area contributed by atoms with Gasteiger partial charge in [-0.3, -0.25) is 0 Å². The first-order chi connectivity index (χ1) is 7.74. The Bertz CT molecular complexity index is 88.7. The van der Waals surface area contributed by atoms with Crippen molar-refractivity contribution in [3.63, 3.8) is 0 Å². The van der Waals surface area contributed by atoms with Gasteiger partial charge >= 0.3 is 0 Å². The van der Waals surface area contributed by atoms with Crippen LogP contribution in [0.3, 0.4) is 0 Å². The summed E-state index contributed by atoms with van der Waals surface area (Å²) < 4.78 is 0. The molecule has 0 aromatic heterocycles. The third kappa shape index (κ3) is 49.4. The summed E-state index contributed by atoms with van der Waals surface area (Å²) in [7, 11) is 0. The smallest absolute Gasteiger partial charge is 0.0431 e. The molecule has 0 fully saturated rings. The van der Waals surface area contributed by atoms with Crippen molar-refractivity contribution in [3.05, 3.63) is 12.7 Å². The van der Waals surface area contributed by atoms with Crippen molar-refractivity contribution in [1.82, 2.24) is 0 Å². The van der Waals surface area contributed by atoms with Crippen LogP contribution in [0.5, 0.6) is 0 Å². The number of hydrogen-bond donors (Lipinski definition) is 2. The SMILES string of the molecule is C=CCCCCC.CCCCCO.CCO. The van der Waals surface area contributed by atoms with Crippen LogP contribution >= 0.6 is 0 Å². The van der Waals surface area contributed by atoms with Crippen molar-refractivity contribution in [2.75, 3.05) is 13.2 Å². The Labute approximate surface area is 102 Å². The van der Waals surface area contributed by atoms with Crippen LogP contribution in [-0.4, -0.2) is 23.4 Å². The lowest BCUT2D eigenvalue weighted by molar-refractivity contribution is 0.284. The molecule has 0 radical (unpaired) electrons. The van der Waals surface area contributed by atoms with Crippen LogP contribution in [0.1, 0.15) is 65.7 Å². The molecule has 2 heteroatoms. The van der Waals surface area contributed by atoms with Crippen molar-refractivity contribution in [2.45, 2.75) is 65.7 Å². The Morgan fingerprint density at radius 3 is 1.56 bits per heavy atom. The fourth-order valence-electron chi connectivity index (χ4n) is 0.900. The zero-order chi connectivity index (χ0) is 13.1. The first-order valence-electron chi connectivity index (χ1n) is 6.57. The van der Waals surface area contributed by atoms with E-state index < -0.39 is 0 Å². The van der Waals surface area contributed by atoms with E-state index in [1.165, 1.54) is 32.1 Å². The van der Waals surface area contributed by atoms with Gasteiger partial charge in [-0.15, -0.1) is 6.58 Å². The van der Waals surface area contributed by atoms with Crippen molar-refractivity contribution in [3.8, 4) is 0 Å².